The zero-order valence-corrected chi connectivity index (χ0v) is 15.9. The van der Waals surface area contributed by atoms with Gasteiger partial charge in [-0.15, -0.1) is 0 Å². The van der Waals surface area contributed by atoms with E-state index in [1.165, 1.54) is 6.07 Å². The number of likely N-dealkylation sites (tertiary alicyclic amines) is 1. The number of ether oxygens (including phenoxy) is 2. The van der Waals surface area contributed by atoms with Crippen molar-refractivity contribution in [1.82, 2.24) is 4.90 Å². The average Bonchev–Trinajstić information content (AvgIpc) is 3.09. The first-order chi connectivity index (χ1) is 12.5. The predicted octanol–water partition coefficient (Wildman–Crippen LogP) is 4.87. The molecule has 1 saturated heterocycles. The van der Waals surface area contributed by atoms with Gasteiger partial charge in [-0.2, -0.15) is 13.2 Å². The van der Waals surface area contributed by atoms with Crippen molar-refractivity contribution in [2.45, 2.75) is 58.1 Å². The number of hydrogen-bond donors (Lipinski definition) is 0. The minimum atomic E-state index is -4.34. The molecule has 27 heavy (non-hydrogen) atoms. The van der Waals surface area contributed by atoms with Gasteiger partial charge in [-0.1, -0.05) is 12.1 Å². The van der Waals surface area contributed by atoms with Crippen LogP contribution in [0.25, 0.3) is 0 Å². The summed E-state index contributed by atoms with van der Waals surface area (Å²) in [6, 6.07) is 5.26. The molecule has 0 N–H and O–H groups in total. The number of carbonyl (C=O) groups excluding carboxylic acids is 1. The van der Waals surface area contributed by atoms with Crippen molar-refractivity contribution in [3.05, 3.63) is 35.4 Å². The zero-order chi connectivity index (χ0) is 19.8. The highest BCUT2D eigenvalue weighted by Gasteiger charge is 2.43. The van der Waals surface area contributed by atoms with Crippen molar-refractivity contribution in [1.29, 1.82) is 0 Å². The Balaban J connectivity index is 1.48. The summed E-state index contributed by atoms with van der Waals surface area (Å²) in [5.41, 5.74) is -0.636. The molecule has 0 radical (unpaired) electrons. The number of benzene rings is 1. The van der Waals surface area contributed by atoms with Crippen LogP contribution in [0.4, 0.5) is 18.0 Å². The molecule has 1 saturated carbocycles. The van der Waals surface area contributed by atoms with Gasteiger partial charge in [0.05, 0.1) is 18.3 Å². The molecule has 7 heteroatoms. The van der Waals surface area contributed by atoms with Crippen molar-refractivity contribution < 1.29 is 27.4 Å². The van der Waals surface area contributed by atoms with E-state index in [1.807, 2.05) is 20.8 Å². The lowest BCUT2D eigenvalue weighted by atomic mass is 10.0. The Kier molecular flexibility index (Phi) is 5.43. The first-order valence-corrected chi connectivity index (χ1v) is 9.27. The van der Waals surface area contributed by atoms with E-state index >= 15 is 0 Å². The fourth-order valence-corrected chi connectivity index (χ4v) is 3.91. The molecule has 1 heterocycles. The smallest absolute Gasteiger partial charge is 0.416 e. The summed E-state index contributed by atoms with van der Waals surface area (Å²) in [5.74, 6) is 0.730. The normalized spacial score (nSPS) is 25.6. The van der Waals surface area contributed by atoms with E-state index in [-0.39, 0.29) is 18.8 Å². The van der Waals surface area contributed by atoms with E-state index in [1.54, 1.807) is 11.0 Å². The summed E-state index contributed by atoms with van der Waals surface area (Å²) in [6.45, 7) is 7.02. The van der Waals surface area contributed by atoms with Crippen LogP contribution in [0, 0.1) is 11.8 Å². The fourth-order valence-electron chi connectivity index (χ4n) is 3.91. The highest BCUT2D eigenvalue weighted by atomic mass is 19.4. The van der Waals surface area contributed by atoms with E-state index in [0.29, 0.717) is 30.5 Å². The maximum Gasteiger partial charge on any atom is 0.416 e. The summed E-state index contributed by atoms with van der Waals surface area (Å²) in [4.78, 5) is 13.9. The fraction of sp³-hybridized carbons (Fsp3) is 0.650. The second-order valence-corrected chi connectivity index (χ2v) is 8.51. The lowest BCUT2D eigenvalue weighted by molar-refractivity contribution is -0.137. The van der Waals surface area contributed by atoms with E-state index < -0.39 is 17.3 Å². The first kappa shape index (κ1) is 20.0. The Bertz CT molecular complexity index is 670. The highest BCUT2D eigenvalue weighted by molar-refractivity contribution is 5.68. The molecular formula is C20H26F3NO3. The van der Waals surface area contributed by atoms with Crippen LogP contribution in [0.15, 0.2) is 24.3 Å². The van der Waals surface area contributed by atoms with Gasteiger partial charge >= 0.3 is 12.3 Å². The first-order valence-electron chi connectivity index (χ1n) is 9.27. The van der Waals surface area contributed by atoms with Gasteiger partial charge in [-0.3, -0.25) is 0 Å². The van der Waals surface area contributed by atoms with Crippen molar-refractivity contribution in [3.8, 4) is 0 Å². The molecule has 4 nitrogen and oxygen atoms in total. The highest BCUT2D eigenvalue weighted by Crippen LogP contribution is 2.40. The van der Waals surface area contributed by atoms with Crippen LogP contribution >= 0.6 is 0 Å². The molecule has 1 aromatic carbocycles. The Morgan fingerprint density at radius 3 is 2.33 bits per heavy atom. The lowest BCUT2D eigenvalue weighted by Gasteiger charge is -2.25. The quantitative estimate of drug-likeness (QED) is 0.745. The van der Waals surface area contributed by atoms with E-state index in [4.69, 9.17) is 9.47 Å². The molecule has 3 atom stereocenters. The molecule has 2 aliphatic rings. The summed E-state index contributed by atoms with van der Waals surface area (Å²) >= 11 is 0. The number of amides is 1. The van der Waals surface area contributed by atoms with Crippen molar-refractivity contribution >= 4 is 6.09 Å². The SMILES string of the molecule is CC(C)(C)OC(=O)N1C[C@H]2CC(OCc3cccc(C(F)(F)F)c3)C[C@H]2C1. The molecule has 1 aromatic rings. The monoisotopic (exact) mass is 385 g/mol. The van der Waals surface area contributed by atoms with E-state index in [2.05, 4.69) is 0 Å². The number of nitrogens with zero attached hydrogens (tertiary/aromatic N) is 1. The molecule has 0 bridgehead atoms. The van der Waals surface area contributed by atoms with Gasteiger partial charge in [0.2, 0.25) is 0 Å². The number of alkyl halides is 3. The molecule has 150 valence electrons. The van der Waals surface area contributed by atoms with E-state index in [9.17, 15) is 18.0 Å². The molecule has 1 aliphatic heterocycles. The average molecular weight is 385 g/mol. The van der Waals surface area contributed by atoms with Crippen molar-refractivity contribution in [3.63, 3.8) is 0 Å². The second-order valence-electron chi connectivity index (χ2n) is 8.51. The predicted molar refractivity (Wildman–Crippen MR) is 94.0 cm³/mol. The number of fused-ring (bicyclic) bond motifs is 1. The van der Waals surface area contributed by atoms with Crippen LogP contribution in [0.5, 0.6) is 0 Å². The van der Waals surface area contributed by atoms with E-state index in [0.717, 1.165) is 25.0 Å². The summed E-state index contributed by atoms with van der Waals surface area (Å²) in [7, 11) is 0. The van der Waals surface area contributed by atoms with Gasteiger partial charge in [0.25, 0.3) is 0 Å². The Hall–Kier alpha value is -1.76. The molecule has 1 aliphatic carbocycles. The lowest BCUT2D eigenvalue weighted by Crippen LogP contribution is -2.36. The summed E-state index contributed by atoms with van der Waals surface area (Å²) in [6.07, 6.45) is -2.95. The third-order valence-electron chi connectivity index (χ3n) is 5.10. The van der Waals surface area contributed by atoms with Crippen molar-refractivity contribution in [2.75, 3.05) is 13.1 Å². The third-order valence-corrected chi connectivity index (χ3v) is 5.10. The number of halogens is 3. The zero-order valence-electron chi connectivity index (χ0n) is 15.9. The summed E-state index contributed by atoms with van der Waals surface area (Å²) in [5, 5.41) is 0. The summed E-state index contributed by atoms with van der Waals surface area (Å²) < 4.78 is 49.6. The molecule has 2 fully saturated rings. The van der Waals surface area contributed by atoms with Gasteiger partial charge in [-0.05, 0) is 63.1 Å². The molecule has 1 unspecified atom stereocenters. The Labute approximate surface area is 157 Å². The van der Waals surface area contributed by atoms with Crippen LogP contribution in [0.3, 0.4) is 0 Å². The Morgan fingerprint density at radius 2 is 1.78 bits per heavy atom. The molecule has 0 aromatic heterocycles. The molecule has 1 amide bonds. The largest absolute Gasteiger partial charge is 0.444 e. The topological polar surface area (TPSA) is 38.8 Å². The molecular weight excluding hydrogens is 359 g/mol. The van der Waals surface area contributed by atoms with Crippen LogP contribution in [-0.4, -0.2) is 35.8 Å². The Morgan fingerprint density at radius 1 is 1.15 bits per heavy atom. The van der Waals surface area contributed by atoms with Crippen LogP contribution in [-0.2, 0) is 22.3 Å². The molecule has 3 rings (SSSR count). The van der Waals surface area contributed by atoms with Crippen LogP contribution in [0.1, 0.15) is 44.7 Å². The maximum atomic E-state index is 12.8. The van der Waals surface area contributed by atoms with Gasteiger partial charge in [0.15, 0.2) is 0 Å². The standard InChI is InChI=1S/C20H26F3NO3/c1-19(2,3)27-18(25)24-10-14-8-17(9-15(14)11-24)26-12-13-5-4-6-16(7-13)20(21,22)23/h4-7,14-15,17H,8-12H2,1-3H3/t14-,15+,17?. The third kappa shape index (κ3) is 5.15. The minimum Gasteiger partial charge on any atom is -0.444 e. The van der Waals surface area contributed by atoms with Gasteiger partial charge in [0, 0.05) is 13.1 Å². The van der Waals surface area contributed by atoms with Crippen LogP contribution in [0.2, 0.25) is 0 Å². The number of hydrogen-bond acceptors (Lipinski definition) is 3. The van der Waals surface area contributed by atoms with Crippen LogP contribution < -0.4 is 0 Å². The molecule has 0 spiro atoms. The van der Waals surface area contributed by atoms with Gasteiger partial charge < -0.3 is 14.4 Å². The number of carbonyl (C=O) groups is 1. The van der Waals surface area contributed by atoms with Gasteiger partial charge in [0.1, 0.15) is 5.60 Å². The minimum absolute atomic E-state index is 0.0235. The number of rotatable bonds is 3. The van der Waals surface area contributed by atoms with Crippen molar-refractivity contribution in [2.24, 2.45) is 11.8 Å². The second kappa shape index (κ2) is 7.34. The van der Waals surface area contributed by atoms with Gasteiger partial charge in [-0.25, -0.2) is 4.79 Å². The maximum absolute atomic E-state index is 12.8.